The van der Waals surface area contributed by atoms with E-state index in [1.807, 2.05) is 12.4 Å². The SMILES string of the molecule is Cc1ncsc1CNc1cc(Cl)c(Cl)cc1Cl. The van der Waals surface area contributed by atoms with Crippen molar-refractivity contribution in [2.75, 3.05) is 5.32 Å². The first kappa shape index (κ1) is 13.0. The number of halogens is 3. The van der Waals surface area contributed by atoms with Crippen molar-refractivity contribution in [3.63, 3.8) is 0 Å². The van der Waals surface area contributed by atoms with Gasteiger partial charge in [-0.2, -0.15) is 0 Å². The molecule has 0 radical (unpaired) electrons. The first-order chi connectivity index (χ1) is 8.08. The van der Waals surface area contributed by atoms with Gasteiger partial charge in [0.25, 0.3) is 0 Å². The van der Waals surface area contributed by atoms with E-state index in [9.17, 15) is 0 Å². The van der Waals surface area contributed by atoms with Gasteiger partial charge in [-0.15, -0.1) is 11.3 Å². The van der Waals surface area contributed by atoms with E-state index in [-0.39, 0.29) is 0 Å². The summed E-state index contributed by atoms with van der Waals surface area (Å²) in [6.07, 6.45) is 0. The van der Waals surface area contributed by atoms with Crippen LogP contribution in [0.5, 0.6) is 0 Å². The number of hydrogen-bond acceptors (Lipinski definition) is 3. The molecule has 0 atom stereocenters. The van der Waals surface area contributed by atoms with Crippen molar-refractivity contribution in [1.82, 2.24) is 4.98 Å². The van der Waals surface area contributed by atoms with Crippen LogP contribution in [0.15, 0.2) is 17.6 Å². The van der Waals surface area contributed by atoms with Gasteiger partial charge in [0.05, 0.1) is 38.5 Å². The summed E-state index contributed by atoms with van der Waals surface area (Å²) < 4.78 is 0. The number of benzene rings is 1. The highest BCUT2D eigenvalue weighted by atomic mass is 35.5. The van der Waals surface area contributed by atoms with E-state index in [1.54, 1.807) is 23.5 Å². The zero-order valence-electron chi connectivity index (χ0n) is 8.93. The Hall–Kier alpha value is -0.480. The summed E-state index contributed by atoms with van der Waals surface area (Å²) in [4.78, 5) is 5.35. The number of anilines is 1. The van der Waals surface area contributed by atoms with E-state index in [4.69, 9.17) is 34.8 Å². The Kier molecular flexibility index (Phi) is 4.15. The monoisotopic (exact) mass is 306 g/mol. The molecule has 2 rings (SSSR count). The third-order valence-corrected chi connectivity index (χ3v) is 4.26. The van der Waals surface area contributed by atoms with Crippen molar-refractivity contribution >= 4 is 51.8 Å². The fourth-order valence-corrected chi connectivity index (χ4v) is 2.66. The molecule has 1 heterocycles. The quantitative estimate of drug-likeness (QED) is 0.805. The zero-order chi connectivity index (χ0) is 12.4. The van der Waals surface area contributed by atoms with Crippen molar-refractivity contribution in [2.45, 2.75) is 13.5 Å². The van der Waals surface area contributed by atoms with Crippen LogP contribution in [-0.2, 0) is 6.54 Å². The highest BCUT2D eigenvalue weighted by molar-refractivity contribution is 7.09. The van der Waals surface area contributed by atoms with Gasteiger partial charge >= 0.3 is 0 Å². The minimum atomic E-state index is 0.455. The van der Waals surface area contributed by atoms with Gasteiger partial charge in [-0.3, -0.25) is 0 Å². The molecule has 0 unspecified atom stereocenters. The fourth-order valence-electron chi connectivity index (χ4n) is 1.33. The van der Waals surface area contributed by atoms with E-state index < -0.39 is 0 Å². The lowest BCUT2D eigenvalue weighted by molar-refractivity contribution is 1.12. The Morgan fingerprint density at radius 1 is 1.18 bits per heavy atom. The molecule has 0 aliphatic carbocycles. The first-order valence-electron chi connectivity index (χ1n) is 4.85. The number of thiazole rings is 1. The summed E-state index contributed by atoms with van der Waals surface area (Å²) in [5.74, 6) is 0. The van der Waals surface area contributed by atoms with Crippen molar-refractivity contribution in [2.24, 2.45) is 0 Å². The van der Waals surface area contributed by atoms with Gasteiger partial charge in [-0.05, 0) is 19.1 Å². The Morgan fingerprint density at radius 3 is 2.53 bits per heavy atom. The molecule has 0 spiro atoms. The van der Waals surface area contributed by atoms with Gasteiger partial charge in [-0.1, -0.05) is 34.8 Å². The van der Waals surface area contributed by atoms with Gasteiger partial charge in [0.15, 0.2) is 0 Å². The zero-order valence-corrected chi connectivity index (χ0v) is 12.0. The van der Waals surface area contributed by atoms with E-state index in [0.717, 1.165) is 11.4 Å². The number of nitrogens with one attached hydrogen (secondary N) is 1. The molecule has 0 aliphatic heterocycles. The van der Waals surface area contributed by atoms with Crippen molar-refractivity contribution in [3.8, 4) is 0 Å². The summed E-state index contributed by atoms with van der Waals surface area (Å²) in [6.45, 7) is 2.65. The molecule has 1 N–H and O–H groups in total. The minimum Gasteiger partial charge on any atom is -0.379 e. The maximum Gasteiger partial charge on any atom is 0.0798 e. The van der Waals surface area contributed by atoms with Crippen LogP contribution in [-0.4, -0.2) is 4.98 Å². The molecule has 2 nitrogen and oxygen atoms in total. The standard InChI is InChI=1S/C11H9Cl3N2S/c1-6-11(17-5-16-6)4-15-10-3-8(13)7(12)2-9(10)14/h2-3,5,15H,4H2,1H3. The number of aromatic nitrogens is 1. The first-order valence-corrected chi connectivity index (χ1v) is 6.86. The van der Waals surface area contributed by atoms with Crippen molar-refractivity contribution in [3.05, 3.63) is 43.3 Å². The molecule has 1 aromatic heterocycles. The van der Waals surface area contributed by atoms with E-state index in [2.05, 4.69) is 10.3 Å². The lowest BCUT2D eigenvalue weighted by Crippen LogP contribution is -1.99. The average molecular weight is 308 g/mol. The molecule has 1 aromatic carbocycles. The number of rotatable bonds is 3. The van der Waals surface area contributed by atoms with Crippen LogP contribution in [0.4, 0.5) is 5.69 Å². The van der Waals surface area contributed by atoms with Crippen LogP contribution in [0.1, 0.15) is 10.6 Å². The maximum absolute atomic E-state index is 6.06. The third-order valence-electron chi connectivity index (χ3n) is 2.29. The van der Waals surface area contributed by atoms with Gasteiger partial charge in [0.2, 0.25) is 0 Å². The molecule has 2 aromatic rings. The van der Waals surface area contributed by atoms with Crippen LogP contribution >= 0.6 is 46.1 Å². The smallest absolute Gasteiger partial charge is 0.0798 e. The van der Waals surface area contributed by atoms with Gasteiger partial charge < -0.3 is 5.32 Å². The Labute approximate surface area is 119 Å². The molecule has 0 aliphatic rings. The second-order valence-electron chi connectivity index (χ2n) is 3.46. The third kappa shape index (κ3) is 3.05. The summed E-state index contributed by atoms with van der Waals surface area (Å²) in [6, 6.07) is 3.36. The molecule has 90 valence electrons. The second-order valence-corrected chi connectivity index (χ2v) is 5.62. The molecule has 0 saturated heterocycles. The minimum absolute atomic E-state index is 0.455. The molecule has 0 bridgehead atoms. The molecule has 0 fully saturated rings. The lowest BCUT2D eigenvalue weighted by Gasteiger charge is -2.09. The van der Waals surface area contributed by atoms with Crippen molar-refractivity contribution in [1.29, 1.82) is 0 Å². The van der Waals surface area contributed by atoms with Crippen molar-refractivity contribution < 1.29 is 0 Å². The fraction of sp³-hybridized carbons (Fsp3) is 0.182. The van der Waals surface area contributed by atoms with Gasteiger partial charge in [-0.25, -0.2) is 4.98 Å². The van der Waals surface area contributed by atoms with Gasteiger partial charge in [0, 0.05) is 4.88 Å². The molecule has 0 saturated carbocycles. The maximum atomic E-state index is 6.06. The second kappa shape index (κ2) is 5.44. The molecular weight excluding hydrogens is 299 g/mol. The Bertz CT molecular complexity index is 540. The van der Waals surface area contributed by atoms with E-state index >= 15 is 0 Å². The van der Waals surface area contributed by atoms with E-state index in [0.29, 0.717) is 21.6 Å². The average Bonchev–Trinajstić information content (AvgIpc) is 2.68. The highest BCUT2D eigenvalue weighted by Gasteiger charge is 2.07. The van der Waals surface area contributed by atoms with Crippen LogP contribution in [0.3, 0.4) is 0 Å². The summed E-state index contributed by atoms with van der Waals surface area (Å²) in [7, 11) is 0. The predicted molar refractivity (Wildman–Crippen MR) is 75.6 cm³/mol. The van der Waals surface area contributed by atoms with Gasteiger partial charge in [0.1, 0.15) is 0 Å². The van der Waals surface area contributed by atoms with Crippen LogP contribution < -0.4 is 5.32 Å². The number of nitrogens with zero attached hydrogens (tertiary/aromatic N) is 1. The molecular formula is C11H9Cl3N2S. The molecule has 6 heteroatoms. The lowest BCUT2D eigenvalue weighted by atomic mass is 10.3. The summed E-state index contributed by atoms with van der Waals surface area (Å²) in [5.41, 5.74) is 3.62. The molecule has 17 heavy (non-hydrogen) atoms. The molecule has 0 amide bonds. The largest absolute Gasteiger partial charge is 0.379 e. The van der Waals surface area contributed by atoms with Crippen LogP contribution in [0.2, 0.25) is 15.1 Å². The van der Waals surface area contributed by atoms with Crippen LogP contribution in [0.25, 0.3) is 0 Å². The van der Waals surface area contributed by atoms with E-state index in [1.165, 1.54) is 4.88 Å². The predicted octanol–water partition coefficient (Wildman–Crippen LogP) is 5.02. The summed E-state index contributed by atoms with van der Waals surface area (Å²) >= 11 is 19.5. The topological polar surface area (TPSA) is 24.9 Å². The van der Waals surface area contributed by atoms with Crippen LogP contribution in [0, 0.1) is 6.92 Å². The Balaban J connectivity index is 2.14. The highest BCUT2D eigenvalue weighted by Crippen LogP contribution is 2.32. The normalized spacial score (nSPS) is 10.6. The number of aryl methyl sites for hydroxylation is 1. The number of hydrogen-bond donors (Lipinski definition) is 1. The summed E-state index contributed by atoms with van der Waals surface area (Å²) in [5, 5.41) is 4.72. The Morgan fingerprint density at radius 2 is 1.88 bits per heavy atom.